The maximum Gasteiger partial charge on any atom is 0.125 e. The summed E-state index contributed by atoms with van der Waals surface area (Å²) in [7, 11) is 1.65. The number of aromatic nitrogens is 3. The van der Waals surface area contributed by atoms with Crippen molar-refractivity contribution >= 4 is 34.0 Å². The van der Waals surface area contributed by atoms with Crippen LogP contribution in [-0.2, 0) is 12.4 Å². The zero-order valence-corrected chi connectivity index (χ0v) is 12.8. The highest BCUT2D eigenvalue weighted by Gasteiger charge is 2.13. The van der Waals surface area contributed by atoms with Crippen molar-refractivity contribution in [1.29, 1.82) is 0 Å². The summed E-state index contributed by atoms with van der Waals surface area (Å²) in [4.78, 5) is 10.1. The second kappa shape index (κ2) is 5.42. The van der Waals surface area contributed by atoms with Crippen molar-refractivity contribution in [3.63, 3.8) is 0 Å². The summed E-state index contributed by atoms with van der Waals surface area (Å²) >= 11 is 7.69. The third-order valence-electron chi connectivity index (χ3n) is 3.30. The predicted molar refractivity (Wildman–Crippen MR) is 81.8 cm³/mol. The van der Waals surface area contributed by atoms with Gasteiger partial charge >= 0.3 is 0 Å². The molecule has 0 fully saturated rings. The molecule has 0 unspecified atom stereocenters. The smallest absolute Gasteiger partial charge is 0.125 e. The number of imidazole rings is 1. The minimum Gasteiger partial charge on any atom is -0.497 e. The fourth-order valence-electron chi connectivity index (χ4n) is 2.19. The van der Waals surface area contributed by atoms with Crippen LogP contribution in [0.25, 0.3) is 11.0 Å². The number of nitrogens with zero attached hydrogens (tertiary/aromatic N) is 3. The van der Waals surface area contributed by atoms with Crippen molar-refractivity contribution in [1.82, 2.24) is 14.5 Å². The minimum atomic E-state index is 0.384. The molecule has 2 heterocycles. The first kappa shape index (κ1) is 13.4. The zero-order chi connectivity index (χ0) is 14.1. The van der Waals surface area contributed by atoms with Crippen LogP contribution in [0.4, 0.5) is 0 Å². The third kappa shape index (κ3) is 2.27. The lowest BCUT2D eigenvalue weighted by Gasteiger charge is -2.07. The molecular formula is C14H14ClN3OS. The van der Waals surface area contributed by atoms with Crippen LogP contribution >= 0.6 is 22.9 Å². The molecule has 4 nitrogen and oxygen atoms in total. The summed E-state index contributed by atoms with van der Waals surface area (Å²) in [6.45, 7) is 2.77. The van der Waals surface area contributed by atoms with Gasteiger partial charge in [0, 0.05) is 10.9 Å². The molecule has 1 aromatic carbocycles. The molecule has 0 atom stereocenters. The van der Waals surface area contributed by atoms with Gasteiger partial charge in [-0.1, -0.05) is 0 Å². The predicted octanol–water partition coefficient (Wildman–Crippen LogP) is 3.60. The van der Waals surface area contributed by atoms with E-state index < -0.39 is 0 Å². The Balaban J connectivity index is 2.10. The van der Waals surface area contributed by atoms with E-state index in [0.29, 0.717) is 5.88 Å². The molecule has 3 aromatic rings. The van der Waals surface area contributed by atoms with Gasteiger partial charge in [-0.05, 0) is 19.1 Å². The van der Waals surface area contributed by atoms with Crippen LogP contribution in [0.15, 0.2) is 23.7 Å². The molecule has 104 valence electrons. The van der Waals surface area contributed by atoms with E-state index in [-0.39, 0.29) is 0 Å². The van der Waals surface area contributed by atoms with Gasteiger partial charge < -0.3 is 9.30 Å². The molecule has 0 saturated carbocycles. The van der Waals surface area contributed by atoms with Gasteiger partial charge in [-0.3, -0.25) is 0 Å². The number of hydrogen-bond acceptors (Lipinski definition) is 4. The van der Waals surface area contributed by atoms with Gasteiger partial charge in [0.15, 0.2) is 0 Å². The third-order valence-corrected chi connectivity index (χ3v) is 4.46. The topological polar surface area (TPSA) is 39.9 Å². The number of ether oxygens (including phenoxy) is 1. The van der Waals surface area contributed by atoms with Crippen molar-refractivity contribution in [3.05, 3.63) is 40.1 Å². The molecule has 6 heteroatoms. The van der Waals surface area contributed by atoms with Gasteiger partial charge in [-0.2, -0.15) is 0 Å². The molecule has 0 bridgehead atoms. The number of halogens is 1. The zero-order valence-electron chi connectivity index (χ0n) is 11.3. The fourth-order valence-corrected chi connectivity index (χ4v) is 3.16. The molecule has 0 saturated heterocycles. The lowest BCUT2D eigenvalue weighted by molar-refractivity contribution is 0.415. The van der Waals surface area contributed by atoms with Crippen LogP contribution in [0.5, 0.6) is 5.75 Å². The number of alkyl halides is 1. The van der Waals surface area contributed by atoms with Crippen molar-refractivity contribution in [2.45, 2.75) is 19.3 Å². The molecule has 2 aromatic heterocycles. The van der Waals surface area contributed by atoms with E-state index in [4.69, 9.17) is 16.3 Å². The van der Waals surface area contributed by atoms with Gasteiger partial charge in [0.25, 0.3) is 0 Å². The summed E-state index contributed by atoms with van der Waals surface area (Å²) in [5.41, 5.74) is 4.90. The first-order chi connectivity index (χ1) is 9.72. The highest BCUT2D eigenvalue weighted by atomic mass is 35.5. The number of fused-ring (bicyclic) bond motifs is 1. The maximum absolute atomic E-state index is 6.03. The average Bonchev–Trinajstić information content (AvgIpc) is 3.03. The lowest BCUT2D eigenvalue weighted by atomic mass is 10.3. The van der Waals surface area contributed by atoms with Crippen molar-refractivity contribution in [2.24, 2.45) is 0 Å². The molecule has 3 rings (SSSR count). The van der Waals surface area contributed by atoms with Gasteiger partial charge in [0.05, 0.1) is 41.8 Å². The first-order valence-electron chi connectivity index (χ1n) is 6.21. The van der Waals surface area contributed by atoms with E-state index in [0.717, 1.165) is 34.8 Å². The number of thiazole rings is 1. The van der Waals surface area contributed by atoms with Crippen LogP contribution in [0, 0.1) is 6.92 Å². The number of benzene rings is 1. The van der Waals surface area contributed by atoms with E-state index in [1.54, 1.807) is 18.4 Å². The molecule has 20 heavy (non-hydrogen) atoms. The largest absolute Gasteiger partial charge is 0.497 e. The number of aryl methyl sites for hydroxylation is 1. The van der Waals surface area contributed by atoms with Gasteiger partial charge in [0.2, 0.25) is 0 Å². The molecule has 0 aliphatic heterocycles. The Morgan fingerprint density at radius 1 is 1.40 bits per heavy atom. The number of rotatable bonds is 4. The molecule has 0 amide bonds. The van der Waals surface area contributed by atoms with Crippen LogP contribution in [-0.4, -0.2) is 21.6 Å². The van der Waals surface area contributed by atoms with Gasteiger partial charge in [0.1, 0.15) is 11.6 Å². The van der Waals surface area contributed by atoms with Crippen LogP contribution in [0.3, 0.4) is 0 Å². The Kier molecular flexibility index (Phi) is 3.63. The Hall–Kier alpha value is -1.59. The average molecular weight is 308 g/mol. The Labute approximate surface area is 126 Å². The van der Waals surface area contributed by atoms with Crippen molar-refractivity contribution < 1.29 is 4.74 Å². The van der Waals surface area contributed by atoms with Gasteiger partial charge in [-0.25, -0.2) is 9.97 Å². The highest BCUT2D eigenvalue weighted by molar-refractivity contribution is 7.09. The maximum atomic E-state index is 6.03. The summed E-state index contributed by atoms with van der Waals surface area (Å²) in [5, 5.41) is 0. The summed E-state index contributed by atoms with van der Waals surface area (Å²) in [5.74, 6) is 2.05. The Bertz CT molecular complexity index is 750. The van der Waals surface area contributed by atoms with E-state index in [9.17, 15) is 0 Å². The first-order valence-corrected chi connectivity index (χ1v) is 7.62. The van der Waals surface area contributed by atoms with E-state index in [2.05, 4.69) is 14.5 Å². The number of methoxy groups -OCH3 is 1. The molecule has 0 aliphatic carbocycles. The van der Waals surface area contributed by atoms with Gasteiger partial charge in [-0.15, -0.1) is 22.9 Å². The van der Waals surface area contributed by atoms with E-state index >= 15 is 0 Å². The number of hydrogen-bond donors (Lipinski definition) is 0. The van der Waals surface area contributed by atoms with Crippen molar-refractivity contribution in [3.8, 4) is 5.75 Å². The normalized spacial score (nSPS) is 11.2. The monoisotopic (exact) mass is 307 g/mol. The summed E-state index contributed by atoms with van der Waals surface area (Å²) in [6.07, 6.45) is 0. The molecular weight excluding hydrogens is 294 g/mol. The van der Waals surface area contributed by atoms with Crippen LogP contribution in [0.1, 0.15) is 16.4 Å². The lowest BCUT2D eigenvalue weighted by Crippen LogP contribution is -2.03. The van der Waals surface area contributed by atoms with Crippen LogP contribution in [0.2, 0.25) is 0 Å². The van der Waals surface area contributed by atoms with E-state index in [1.807, 2.05) is 30.6 Å². The molecule has 0 N–H and O–H groups in total. The standard InChI is InChI=1S/C14H14ClN3OS/c1-9-13(20-8-16-9)7-18-12-4-3-10(19-2)5-11(12)17-14(18)6-15/h3-5,8H,6-7H2,1-2H3. The molecule has 0 aliphatic rings. The summed E-state index contributed by atoms with van der Waals surface area (Å²) in [6, 6.07) is 5.90. The second-order valence-corrected chi connectivity index (χ2v) is 5.67. The second-order valence-electron chi connectivity index (χ2n) is 4.46. The molecule has 0 radical (unpaired) electrons. The Morgan fingerprint density at radius 3 is 2.90 bits per heavy atom. The Morgan fingerprint density at radius 2 is 2.25 bits per heavy atom. The summed E-state index contributed by atoms with van der Waals surface area (Å²) < 4.78 is 7.38. The highest BCUT2D eigenvalue weighted by Crippen LogP contribution is 2.25. The van der Waals surface area contributed by atoms with Crippen molar-refractivity contribution in [2.75, 3.05) is 7.11 Å². The van der Waals surface area contributed by atoms with Crippen LogP contribution < -0.4 is 4.74 Å². The van der Waals surface area contributed by atoms with E-state index in [1.165, 1.54) is 4.88 Å². The molecule has 0 spiro atoms. The fraction of sp³-hybridized carbons (Fsp3) is 0.286. The minimum absolute atomic E-state index is 0.384. The quantitative estimate of drug-likeness (QED) is 0.691. The SMILES string of the molecule is COc1ccc2c(c1)nc(CCl)n2Cc1scnc1C.